The minimum absolute atomic E-state index is 0.0502. The Bertz CT molecular complexity index is 705. The van der Waals surface area contributed by atoms with Crippen molar-refractivity contribution in [3.8, 4) is 5.75 Å². The summed E-state index contributed by atoms with van der Waals surface area (Å²) in [6, 6.07) is 8.03. The Kier molecular flexibility index (Phi) is 9.23. The summed E-state index contributed by atoms with van der Waals surface area (Å²) in [6.07, 6.45) is 11.2. The van der Waals surface area contributed by atoms with Gasteiger partial charge in [0.2, 0.25) is 0 Å². The van der Waals surface area contributed by atoms with E-state index in [2.05, 4.69) is 31.1 Å². The largest absolute Gasteiger partial charge is 0.494 e. The first-order valence-corrected chi connectivity index (χ1v) is 10.8. The van der Waals surface area contributed by atoms with E-state index in [1.807, 2.05) is 30.3 Å². The second-order valence-corrected chi connectivity index (χ2v) is 8.65. The molecule has 5 nitrogen and oxygen atoms in total. The van der Waals surface area contributed by atoms with Crippen LogP contribution < -0.4 is 10.1 Å². The minimum Gasteiger partial charge on any atom is -0.494 e. The topological polar surface area (TPSA) is 70.9 Å². The lowest BCUT2D eigenvalue weighted by molar-refractivity contribution is -0.135. The number of nitrogens with zero attached hydrogens (tertiary/aromatic N) is 1. The summed E-state index contributed by atoms with van der Waals surface area (Å²) in [7, 11) is 0. The van der Waals surface area contributed by atoms with Gasteiger partial charge in [-0.15, -0.1) is 0 Å². The predicted molar refractivity (Wildman–Crippen MR) is 120 cm³/mol. The highest BCUT2D eigenvalue weighted by atomic mass is 16.5. The number of allylic oxidation sites excluding steroid dienone is 2. The maximum Gasteiger partial charge on any atom is 0.325 e. The third kappa shape index (κ3) is 9.16. The fourth-order valence-corrected chi connectivity index (χ4v) is 3.61. The average Bonchev–Trinajstić information content (AvgIpc) is 2.66. The molecule has 0 radical (unpaired) electrons. The Hall–Kier alpha value is -2.30. The van der Waals surface area contributed by atoms with Gasteiger partial charge in [0.15, 0.2) is 0 Å². The molecule has 0 spiro atoms. The van der Waals surface area contributed by atoms with Crippen LogP contribution in [0.4, 0.5) is 5.69 Å². The number of aliphatic carboxylic acids is 1. The number of hydrogen-bond donors (Lipinski definition) is 2. The molecule has 1 aromatic carbocycles. The lowest BCUT2D eigenvalue weighted by Crippen LogP contribution is -2.25. The van der Waals surface area contributed by atoms with E-state index in [0.717, 1.165) is 48.7 Å². The highest BCUT2D eigenvalue weighted by Crippen LogP contribution is 2.34. The molecule has 0 bridgehead atoms. The zero-order valence-corrected chi connectivity index (χ0v) is 18.2. The number of ether oxygens (including phenoxy) is 1. The lowest BCUT2D eigenvalue weighted by Gasteiger charge is -2.31. The smallest absolute Gasteiger partial charge is 0.325 e. The summed E-state index contributed by atoms with van der Waals surface area (Å²) in [4.78, 5) is 15.0. The van der Waals surface area contributed by atoms with Crippen LogP contribution >= 0.6 is 0 Å². The predicted octanol–water partition coefficient (Wildman–Crippen LogP) is 6.07. The Morgan fingerprint density at radius 2 is 1.79 bits per heavy atom. The highest BCUT2D eigenvalue weighted by Gasteiger charge is 2.26. The number of carboxylic acids is 1. The molecule has 1 aromatic rings. The van der Waals surface area contributed by atoms with Gasteiger partial charge < -0.3 is 15.2 Å². The van der Waals surface area contributed by atoms with Gasteiger partial charge in [-0.2, -0.15) is 0 Å². The average molecular weight is 401 g/mol. The lowest BCUT2D eigenvalue weighted by atomic mass is 9.78. The van der Waals surface area contributed by atoms with Crippen LogP contribution in [0.25, 0.3) is 0 Å². The second kappa shape index (κ2) is 11.6. The first-order valence-electron chi connectivity index (χ1n) is 10.8. The van der Waals surface area contributed by atoms with Crippen molar-refractivity contribution in [3.05, 3.63) is 36.0 Å². The first-order chi connectivity index (χ1) is 13.9. The molecular formula is C24H36N2O3. The Labute approximate surface area is 175 Å². The number of unbranched alkanes of at least 4 members (excludes halogenated alkanes) is 5. The number of benzene rings is 1. The van der Waals surface area contributed by atoms with Crippen LogP contribution in [0.15, 0.2) is 41.0 Å². The molecule has 0 aliphatic heterocycles. The van der Waals surface area contributed by atoms with Crippen molar-refractivity contribution < 1.29 is 14.6 Å². The van der Waals surface area contributed by atoms with Crippen LogP contribution in [-0.4, -0.2) is 29.9 Å². The van der Waals surface area contributed by atoms with E-state index in [1.165, 1.54) is 32.1 Å². The zero-order valence-electron chi connectivity index (χ0n) is 18.2. The molecule has 0 aromatic heterocycles. The van der Waals surface area contributed by atoms with Crippen LogP contribution in [0.2, 0.25) is 0 Å². The monoisotopic (exact) mass is 400 g/mol. The van der Waals surface area contributed by atoms with Crippen LogP contribution in [0, 0.1) is 5.41 Å². The molecule has 0 fully saturated rings. The van der Waals surface area contributed by atoms with Crippen LogP contribution in [-0.2, 0) is 4.79 Å². The number of aliphatic imine (C=N–C) groups is 1. The van der Waals surface area contributed by atoms with Crippen LogP contribution in [0.3, 0.4) is 0 Å². The summed E-state index contributed by atoms with van der Waals surface area (Å²) >= 11 is 0. The quantitative estimate of drug-likeness (QED) is 0.418. The van der Waals surface area contributed by atoms with Crippen molar-refractivity contribution in [3.63, 3.8) is 0 Å². The number of hydrogen-bond acceptors (Lipinski definition) is 4. The molecule has 5 heteroatoms. The Morgan fingerprint density at radius 1 is 1.10 bits per heavy atom. The number of nitrogens with one attached hydrogen (secondary N) is 1. The second-order valence-electron chi connectivity index (χ2n) is 8.65. The third-order valence-electron chi connectivity index (χ3n) is 5.01. The summed E-state index contributed by atoms with van der Waals surface area (Å²) in [6.45, 7) is 7.18. The molecular weight excluding hydrogens is 364 g/mol. The summed E-state index contributed by atoms with van der Waals surface area (Å²) in [5, 5.41) is 12.3. The molecule has 0 unspecified atom stereocenters. The van der Waals surface area contributed by atoms with Gasteiger partial charge in [-0.3, -0.25) is 9.79 Å². The van der Waals surface area contributed by atoms with Crippen molar-refractivity contribution >= 4 is 17.4 Å². The minimum atomic E-state index is -0.902. The van der Waals surface area contributed by atoms with Crippen molar-refractivity contribution in [2.24, 2.45) is 10.4 Å². The summed E-state index contributed by atoms with van der Waals surface area (Å²) in [5.74, 6) is -0.00823. The molecule has 0 heterocycles. The van der Waals surface area contributed by atoms with Crippen molar-refractivity contribution in [2.75, 3.05) is 18.5 Å². The standard InChI is InChI=1S/C24H36N2O3/c1-4-5-6-7-8-9-14-29-22-12-10-19(11-13-22)26-21-15-20(25-18-23(27)28)16-24(2,3)17-21/h10-13,15,26H,4-9,14,16-18H2,1-3H3,(H,27,28). The van der Waals surface area contributed by atoms with E-state index in [-0.39, 0.29) is 12.0 Å². The van der Waals surface area contributed by atoms with Crippen molar-refractivity contribution in [1.82, 2.24) is 0 Å². The van der Waals surface area contributed by atoms with Gasteiger partial charge in [-0.05, 0) is 55.0 Å². The Balaban J connectivity index is 1.84. The SMILES string of the molecule is CCCCCCCCOc1ccc(NC2=CC(=NCC(=O)O)CC(C)(C)C2)cc1. The molecule has 0 saturated carbocycles. The normalized spacial score (nSPS) is 17.1. The summed E-state index contributed by atoms with van der Waals surface area (Å²) in [5.41, 5.74) is 2.95. The maximum absolute atomic E-state index is 10.8. The van der Waals surface area contributed by atoms with E-state index >= 15 is 0 Å². The van der Waals surface area contributed by atoms with E-state index in [0.29, 0.717) is 0 Å². The molecule has 1 aliphatic rings. The summed E-state index contributed by atoms with van der Waals surface area (Å²) < 4.78 is 5.84. The Morgan fingerprint density at radius 3 is 2.48 bits per heavy atom. The molecule has 29 heavy (non-hydrogen) atoms. The van der Waals surface area contributed by atoms with E-state index in [1.54, 1.807) is 0 Å². The highest BCUT2D eigenvalue weighted by molar-refractivity contribution is 5.98. The van der Waals surface area contributed by atoms with E-state index in [9.17, 15) is 4.79 Å². The zero-order chi connectivity index (χ0) is 21.1. The fourth-order valence-electron chi connectivity index (χ4n) is 3.61. The maximum atomic E-state index is 10.8. The molecule has 2 N–H and O–H groups in total. The molecule has 0 saturated heterocycles. The molecule has 2 rings (SSSR count). The van der Waals surface area contributed by atoms with Gasteiger partial charge in [0.05, 0.1) is 6.61 Å². The number of rotatable bonds is 12. The number of carbonyl (C=O) groups is 1. The molecule has 1 aliphatic carbocycles. The number of carboxylic acid groups (broad SMARTS) is 1. The molecule has 0 amide bonds. The first kappa shape index (κ1) is 23.0. The molecule has 0 atom stereocenters. The van der Waals surface area contributed by atoms with Crippen LogP contribution in [0.5, 0.6) is 5.75 Å². The third-order valence-corrected chi connectivity index (χ3v) is 5.01. The molecule has 160 valence electrons. The van der Waals surface area contributed by atoms with Gasteiger partial charge >= 0.3 is 5.97 Å². The van der Waals surface area contributed by atoms with Gasteiger partial charge in [-0.1, -0.05) is 52.9 Å². The van der Waals surface area contributed by atoms with E-state index < -0.39 is 5.97 Å². The van der Waals surface area contributed by atoms with Gasteiger partial charge in [0, 0.05) is 17.1 Å². The fraction of sp³-hybridized carbons (Fsp3) is 0.583. The van der Waals surface area contributed by atoms with Crippen molar-refractivity contribution in [1.29, 1.82) is 0 Å². The number of anilines is 1. The van der Waals surface area contributed by atoms with Gasteiger partial charge in [-0.25, -0.2) is 0 Å². The van der Waals surface area contributed by atoms with Gasteiger partial charge in [0.1, 0.15) is 12.3 Å². The van der Waals surface area contributed by atoms with Crippen molar-refractivity contribution in [2.45, 2.75) is 72.1 Å². The van der Waals surface area contributed by atoms with Crippen LogP contribution in [0.1, 0.15) is 72.1 Å². The van der Waals surface area contributed by atoms with Gasteiger partial charge in [0.25, 0.3) is 0 Å². The van der Waals surface area contributed by atoms with E-state index in [4.69, 9.17) is 9.84 Å².